The Morgan fingerprint density at radius 1 is 0.941 bits per heavy atom. The summed E-state index contributed by atoms with van der Waals surface area (Å²) in [6, 6.07) is 15.9. The van der Waals surface area contributed by atoms with Gasteiger partial charge in [0.1, 0.15) is 12.1 Å². The number of amides is 2. The molecule has 4 unspecified atom stereocenters. The van der Waals surface area contributed by atoms with Gasteiger partial charge in [-0.15, -0.1) is 0 Å². The van der Waals surface area contributed by atoms with Crippen LogP contribution in [0.4, 0.5) is 4.79 Å². The standard InChI is InChI=1S/C27H28N2O5/c30-24(31)22-15-9-10-16(13-15)23(22)28-25(32)27(11-12-27)29-26(33)34-14-21-19-7-3-1-5-17(19)18-6-2-4-8-20(18)21/h1-8,15-16,21-23H,9-14H2,(H,28,32)(H,29,33)(H,30,31). The van der Waals surface area contributed by atoms with E-state index in [1.54, 1.807) is 0 Å². The fourth-order valence-electron chi connectivity index (χ4n) is 6.51. The lowest BCUT2D eigenvalue weighted by atomic mass is 9.84. The molecule has 0 heterocycles. The zero-order valence-electron chi connectivity index (χ0n) is 18.8. The molecule has 0 aromatic heterocycles. The van der Waals surface area contributed by atoms with Crippen LogP contribution in [0.3, 0.4) is 0 Å². The third-order valence-corrected chi connectivity index (χ3v) is 8.37. The first kappa shape index (κ1) is 21.2. The monoisotopic (exact) mass is 460 g/mol. The van der Waals surface area contributed by atoms with Gasteiger partial charge in [0.15, 0.2) is 0 Å². The molecule has 3 fully saturated rings. The van der Waals surface area contributed by atoms with E-state index in [1.165, 1.54) is 0 Å². The van der Waals surface area contributed by atoms with Crippen molar-refractivity contribution in [3.63, 3.8) is 0 Å². The molecule has 7 nitrogen and oxygen atoms in total. The van der Waals surface area contributed by atoms with Crippen molar-refractivity contribution >= 4 is 18.0 Å². The van der Waals surface area contributed by atoms with Crippen molar-refractivity contribution in [3.05, 3.63) is 59.7 Å². The minimum absolute atomic E-state index is 0.0486. The molecule has 4 aliphatic rings. The van der Waals surface area contributed by atoms with E-state index in [4.69, 9.17) is 4.74 Å². The topological polar surface area (TPSA) is 105 Å². The second kappa shape index (κ2) is 7.86. The van der Waals surface area contributed by atoms with Crippen molar-refractivity contribution in [2.45, 2.75) is 49.6 Å². The number of aliphatic carboxylic acids is 1. The molecule has 4 aliphatic carbocycles. The molecule has 3 N–H and O–H groups in total. The van der Waals surface area contributed by atoms with Crippen LogP contribution in [0.1, 0.15) is 49.1 Å². The van der Waals surface area contributed by atoms with Crippen molar-refractivity contribution in [3.8, 4) is 11.1 Å². The van der Waals surface area contributed by atoms with E-state index >= 15 is 0 Å². The Hall–Kier alpha value is -3.35. The molecule has 0 aliphatic heterocycles. The summed E-state index contributed by atoms with van der Waals surface area (Å²) in [4.78, 5) is 37.6. The highest BCUT2D eigenvalue weighted by Crippen LogP contribution is 2.49. The normalized spacial score (nSPS) is 27.5. The number of hydrogen-bond acceptors (Lipinski definition) is 4. The molecule has 0 spiro atoms. The SMILES string of the molecule is O=C(NC1(C(=O)NC2C3CCC(C3)C2C(=O)O)CC1)OCC1c2ccccc2-c2ccccc21. The highest BCUT2D eigenvalue weighted by Gasteiger charge is 2.56. The summed E-state index contributed by atoms with van der Waals surface area (Å²) in [7, 11) is 0. The van der Waals surface area contributed by atoms with Gasteiger partial charge in [-0.05, 0) is 66.2 Å². The largest absolute Gasteiger partial charge is 0.481 e. The molecule has 2 aromatic carbocycles. The molecule has 0 radical (unpaired) electrons. The van der Waals surface area contributed by atoms with Crippen molar-refractivity contribution < 1.29 is 24.2 Å². The number of rotatable bonds is 6. The summed E-state index contributed by atoms with van der Waals surface area (Å²) in [6.07, 6.45) is 3.17. The predicted molar refractivity (Wildman–Crippen MR) is 124 cm³/mol. The average molecular weight is 461 g/mol. The Balaban J connectivity index is 1.10. The number of ether oxygens (including phenoxy) is 1. The number of nitrogens with one attached hydrogen (secondary N) is 2. The number of carbonyl (C=O) groups excluding carboxylic acids is 2. The van der Waals surface area contributed by atoms with E-state index in [0.29, 0.717) is 12.8 Å². The van der Waals surface area contributed by atoms with E-state index in [2.05, 4.69) is 34.9 Å². The molecule has 7 heteroatoms. The van der Waals surface area contributed by atoms with Crippen molar-refractivity contribution in [1.82, 2.24) is 10.6 Å². The summed E-state index contributed by atoms with van der Waals surface area (Å²) >= 11 is 0. The lowest BCUT2D eigenvalue weighted by Crippen LogP contribution is -2.55. The number of alkyl carbamates (subject to hydrolysis) is 1. The van der Waals surface area contributed by atoms with Gasteiger partial charge in [-0.1, -0.05) is 48.5 Å². The number of benzene rings is 2. The molecule has 2 aromatic rings. The molecular weight excluding hydrogens is 432 g/mol. The smallest absolute Gasteiger partial charge is 0.408 e. The molecule has 6 rings (SSSR count). The lowest BCUT2D eigenvalue weighted by molar-refractivity contribution is -0.145. The van der Waals surface area contributed by atoms with E-state index < -0.39 is 23.5 Å². The van der Waals surface area contributed by atoms with Crippen LogP contribution in [0.5, 0.6) is 0 Å². The molecular formula is C27H28N2O5. The summed E-state index contributed by atoms with van der Waals surface area (Å²) in [5, 5.41) is 15.4. The quantitative estimate of drug-likeness (QED) is 0.610. The van der Waals surface area contributed by atoms with Gasteiger partial charge in [0.05, 0.1) is 5.92 Å². The van der Waals surface area contributed by atoms with Gasteiger partial charge in [0, 0.05) is 12.0 Å². The van der Waals surface area contributed by atoms with Crippen LogP contribution in [0.2, 0.25) is 0 Å². The Bertz CT molecular complexity index is 1130. The fraction of sp³-hybridized carbons (Fsp3) is 0.444. The molecule has 2 bridgehead atoms. The lowest BCUT2D eigenvalue weighted by Gasteiger charge is -2.30. The maximum atomic E-state index is 13.1. The van der Waals surface area contributed by atoms with E-state index in [0.717, 1.165) is 41.5 Å². The van der Waals surface area contributed by atoms with Gasteiger partial charge in [-0.25, -0.2) is 4.79 Å². The minimum atomic E-state index is -0.993. The van der Waals surface area contributed by atoms with E-state index in [-0.39, 0.29) is 36.3 Å². The van der Waals surface area contributed by atoms with Gasteiger partial charge >= 0.3 is 12.1 Å². The minimum Gasteiger partial charge on any atom is -0.481 e. The van der Waals surface area contributed by atoms with Crippen molar-refractivity contribution in [1.29, 1.82) is 0 Å². The summed E-state index contributed by atoms with van der Waals surface area (Å²) < 4.78 is 5.62. The first-order chi connectivity index (χ1) is 16.5. The van der Waals surface area contributed by atoms with Crippen LogP contribution in [0.25, 0.3) is 11.1 Å². The average Bonchev–Trinajstić information content (AvgIpc) is 3.19. The second-order valence-corrected chi connectivity index (χ2v) is 10.2. The molecule has 2 amide bonds. The number of hydrogen-bond donors (Lipinski definition) is 3. The molecule has 34 heavy (non-hydrogen) atoms. The molecule has 4 atom stereocenters. The number of carbonyl (C=O) groups is 3. The Kier molecular flexibility index (Phi) is 4.90. The zero-order valence-corrected chi connectivity index (χ0v) is 18.8. The first-order valence-corrected chi connectivity index (χ1v) is 12.1. The van der Waals surface area contributed by atoms with Gasteiger partial charge < -0.3 is 20.5 Å². The third kappa shape index (κ3) is 3.37. The molecule has 0 saturated heterocycles. The van der Waals surface area contributed by atoms with E-state index in [9.17, 15) is 19.5 Å². The Labute approximate surface area is 197 Å². The maximum absolute atomic E-state index is 13.1. The van der Waals surface area contributed by atoms with Gasteiger partial charge in [0.2, 0.25) is 5.91 Å². The highest BCUT2D eigenvalue weighted by molar-refractivity contribution is 5.93. The highest BCUT2D eigenvalue weighted by atomic mass is 16.5. The zero-order chi connectivity index (χ0) is 23.4. The molecule has 3 saturated carbocycles. The third-order valence-electron chi connectivity index (χ3n) is 8.37. The van der Waals surface area contributed by atoms with Gasteiger partial charge in [0.25, 0.3) is 0 Å². The molecule has 176 valence electrons. The second-order valence-electron chi connectivity index (χ2n) is 10.2. The van der Waals surface area contributed by atoms with Crippen LogP contribution in [0, 0.1) is 17.8 Å². The van der Waals surface area contributed by atoms with E-state index in [1.807, 2.05) is 24.3 Å². The number of fused-ring (bicyclic) bond motifs is 5. The number of carboxylic acid groups (broad SMARTS) is 1. The Morgan fingerprint density at radius 2 is 1.56 bits per heavy atom. The first-order valence-electron chi connectivity index (χ1n) is 12.1. The summed E-state index contributed by atoms with van der Waals surface area (Å²) in [5.74, 6) is -1.37. The number of carboxylic acids is 1. The van der Waals surface area contributed by atoms with Crippen LogP contribution in [0.15, 0.2) is 48.5 Å². The summed E-state index contributed by atoms with van der Waals surface area (Å²) in [5.41, 5.74) is 3.58. The van der Waals surface area contributed by atoms with Crippen LogP contribution in [-0.4, -0.2) is 41.3 Å². The van der Waals surface area contributed by atoms with Gasteiger partial charge in [-0.3, -0.25) is 9.59 Å². The Morgan fingerprint density at radius 3 is 2.18 bits per heavy atom. The van der Waals surface area contributed by atoms with Crippen molar-refractivity contribution in [2.24, 2.45) is 17.8 Å². The fourth-order valence-corrected chi connectivity index (χ4v) is 6.51. The van der Waals surface area contributed by atoms with Crippen molar-refractivity contribution in [2.75, 3.05) is 6.61 Å². The van der Waals surface area contributed by atoms with Crippen LogP contribution < -0.4 is 10.6 Å². The summed E-state index contributed by atoms with van der Waals surface area (Å²) in [6.45, 7) is 0.186. The predicted octanol–water partition coefficient (Wildman–Crippen LogP) is 3.67. The van der Waals surface area contributed by atoms with Crippen LogP contribution >= 0.6 is 0 Å². The van der Waals surface area contributed by atoms with Crippen LogP contribution in [-0.2, 0) is 14.3 Å². The van der Waals surface area contributed by atoms with Gasteiger partial charge in [-0.2, -0.15) is 0 Å². The maximum Gasteiger partial charge on any atom is 0.408 e.